The van der Waals surface area contributed by atoms with Gasteiger partial charge in [-0.15, -0.1) is 0 Å². The number of ether oxygens (including phenoxy) is 1. The molecule has 0 aliphatic carbocycles. The summed E-state index contributed by atoms with van der Waals surface area (Å²) in [5.41, 5.74) is 0.295. The van der Waals surface area contributed by atoms with Gasteiger partial charge in [-0.1, -0.05) is 11.6 Å². The number of aromatic nitrogens is 2. The molecule has 1 heterocycles. The van der Waals surface area contributed by atoms with Gasteiger partial charge in [0.25, 0.3) is 0 Å². The van der Waals surface area contributed by atoms with Crippen LogP contribution in [0, 0.1) is 13.8 Å². The monoisotopic (exact) mass is 254 g/mol. The maximum Gasteiger partial charge on any atom is 0.425 e. The van der Waals surface area contributed by atoms with E-state index in [1.165, 1.54) is 13.8 Å². The molecule has 0 N–H and O–H groups in total. The zero-order valence-corrected chi connectivity index (χ0v) is 9.65. The minimum Gasteiger partial charge on any atom is -0.465 e. The van der Waals surface area contributed by atoms with E-state index in [-0.39, 0.29) is 16.9 Å². The van der Waals surface area contributed by atoms with E-state index in [1.54, 1.807) is 0 Å². The molecule has 0 aliphatic heterocycles. The second-order valence-corrected chi connectivity index (χ2v) is 3.65. The van der Waals surface area contributed by atoms with Gasteiger partial charge in [0, 0.05) is 5.56 Å². The van der Waals surface area contributed by atoms with Crippen LogP contribution in [0.1, 0.15) is 18.3 Å². The number of aryl methyl sites for hydroxylation is 1. The SMILES string of the molecule is Cc1nc(Cl)c(C)c(OC(C)C(F)(F)F)n1. The van der Waals surface area contributed by atoms with Gasteiger partial charge in [0.05, 0.1) is 0 Å². The highest BCUT2D eigenvalue weighted by Crippen LogP contribution is 2.27. The van der Waals surface area contributed by atoms with Crippen LogP contribution in [-0.2, 0) is 0 Å². The summed E-state index contributed by atoms with van der Waals surface area (Å²) in [4.78, 5) is 7.57. The van der Waals surface area contributed by atoms with Crippen LogP contribution in [0.3, 0.4) is 0 Å². The molecule has 0 saturated carbocycles. The zero-order valence-electron chi connectivity index (χ0n) is 8.89. The largest absolute Gasteiger partial charge is 0.465 e. The van der Waals surface area contributed by atoms with Crippen LogP contribution in [0.2, 0.25) is 5.15 Å². The molecule has 1 unspecified atom stereocenters. The van der Waals surface area contributed by atoms with Crippen molar-refractivity contribution >= 4 is 11.6 Å². The summed E-state index contributed by atoms with van der Waals surface area (Å²) in [5, 5.41) is 0.0943. The molecular weight excluding hydrogens is 245 g/mol. The van der Waals surface area contributed by atoms with Crippen LogP contribution in [0.25, 0.3) is 0 Å². The van der Waals surface area contributed by atoms with E-state index in [0.29, 0.717) is 5.56 Å². The normalized spacial score (nSPS) is 13.7. The van der Waals surface area contributed by atoms with Crippen LogP contribution < -0.4 is 4.74 Å². The van der Waals surface area contributed by atoms with Gasteiger partial charge in [0.1, 0.15) is 11.0 Å². The molecule has 1 rings (SSSR count). The summed E-state index contributed by atoms with van der Waals surface area (Å²) in [5.74, 6) is 0.127. The van der Waals surface area contributed by atoms with Crippen LogP contribution >= 0.6 is 11.6 Å². The van der Waals surface area contributed by atoms with Gasteiger partial charge in [-0.05, 0) is 20.8 Å². The van der Waals surface area contributed by atoms with Gasteiger partial charge < -0.3 is 4.74 Å². The Balaban J connectivity index is 2.98. The first-order chi connectivity index (χ1) is 7.21. The first-order valence-corrected chi connectivity index (χ1v) is 4.83. The average molecular weight is 255 g/mol. The highest BCUT2D eigenvalue weighted by Gasteiger charge is 2.38. The number of hydrogen-bond donors (Lipinski definition) is 0. The molecule has 0 fully saturated rings. The minimum absolute atomic E-state index is 0.0943. The molecule has 0 bridgehead atoms. The topological polar surface area (TPSA) is 35.0 Å². The molecule has 1 aromatic rings. The Hall–Kier alpha value is -1.04. The van der Waals surface area contributed by atoms with E-state index in [2.05, 4.69) is 9.97 Å². The summed E-state index contributed by atoms with van der Waals surface area (Å²) < 4.78 is 41.5. The van der Waals surface area contributed by atoms with Gasteiger partial charge in [0.15, 0.2) is 6.10 Å². The van der Waals surface area contributed by atoms with E-state index in [1.807, 2.05) is 0 Å². The number of hydrogen-bond acceptors (Lipinski definition) is 3. The predicted octanol–water partition coefficient (Wildman–Crippen LogP) is 3.08. The Bertz CT molecular complexity index is 395. The van der Waals surface area contributed by atoms with E-state index < -0.39 is 12.3 Å². The Morgan fingerprint density at radius 1 is 1.25 bits per heavy atom. The van der Waals surface area contributed by atoms with Crippen molar-refractivity contribution in [2.24, 2.45) is 0 Å². The fourth-order valence-corrected chi connectivity index (χ4v) is 1.12. The predicted molar refractivity (Wildman–Crippen MR) is 52.7 cm³/mol. The molecule has 16 heavy (non-hydrogen) atoms. The van der Waals surface area contributed by atoms with E-state index >= 15 is 0 Å². The van der Waals surface area contributed by atoms with Gasteiger partial charge in [-0.2, -0.15) is 18.2 Å². The lowest BCUT2D eigenvalue weighted by Gasteiger charge is -2.18. The lowest BCUT2D eigenvalue weighted by atomic mass is 10.3. The van der Waals surface area contributed by atoms with Crippen molar-refractivity contribution in [3.8, 4) is 5.88 Å². The van der Waals surface area contributed by atoms with Crippen LogP contribution in [0.15, 0.2) is 0 Å². The van der Waals surface area contributed by atoms with Crippen LogP contribution in [0.5, 0.6) is 5.88 Å². The summed E-state index contributed by atoms with van der Waals surface area (Å²) >= 11 is 5.70. The third-order valence-corrected chi connectivity index (χ3v) is 2.27. The summed E-state index contributed by atoms with van der Waals surface area (Å²) in [7, 11) is 0. The second kappa shape index (κ2) is 4.45. The van der Waals surface area contributed by atoms with Gasteiger partial charge in [-0.3, -0.25) is 0 Å². The molecule has 0 spiro atoms. The fourth-order valence-electron chi connectivity index (χ4n) is 0.919. The van der Waals surface area contributed by atoms with Gasteiger partial charge in [-0.25, -0.2) is 4.98 Å². The molecule has 0 aliphatic rings. The summed E-state index contributed by atoms with van der Waals surface area (Å²) in [6, 6.07) is 0. The molecule has 3 nitrogen and oxygen atoms in total. The van der Waals surface area contributed by atoms with Crippen molar-refractivity contribution in [1.29, 1.82) is 0 Å². The molecule has 0 saturated heterocycles. The Labute approximate surface area is 95.6 Å². The maximum absolute atomic E-state index is 12.3. The van der Waals surface area contributed by atoms with Crippen LogP contribution in [0.4, 0.5) is 13.2 Å². The summed E-state index contributed by atoms with van der Waals surface area (Å²) in [6.07, 6.45) is -6.37. The standard InChI is InChI=1S/C9H10ClF3N2O/c1-4-7(10)14-6(3)15-8(4)16-5(2)9(11,12)13/h5H,1-3H3. The molecular formula is C9H10ClF3N2O. The summed E-state index contributed by atoms with van der Waals surface area (Å²) in [6.45, 7) is 3.93. The number of nitrogens with zero attached hydrogens (tertiary/aromatic N) is 2. The van der Waals surface area contributed by atoms with Crippen molar-refractivity contribution in [3.05, 3.63) is 16.5 Å². The average Bonchev–Trinajstić information content (AvgIpc) is 2.11. The Morgan fingerprint density at radius 2 is 1.81 bits per heavy atom. The van der Waals surface area contributed by atoms with Crippen molar-refractivity contribution in [1.82, 2.24) is 9.97 Å². The van der Waals surface area contributed by atoms with E-state index in [4.69, 9.17) is 16.3 Å². The minimum atomic E-state index is -4.43. The molecule has 0 amide bonds. The molecule has 0 radical (unpaired) electrons. The third-order valence-electron chi connectivity index (χ3n) is 1.90. The first-order valence-electron chi connectivity index (χ1n) is 4.46. The van der Waals surface area contributed by atoms with Gasteiger partial charge in [0.2, 0.25) is 5.88 Å². The first kappa shape index (κ1) is 13.0. The fraction of sp³-hybridized carbons (Fsp3) is 0.556. The van der Waals surface area contributed by atoms with Crippen LogP contribution in [-0.4, -0.2) is 22.2 Å². The lowest BCUT2D eigenvalue weighted by molar-refractivity contribution is -0.190. The second-order valence-electron chi connectivity index (χ2n) is 3.29. The number of halogens is 4. The Morgan fingerprint density at radius 3 is 2.31 bits per heavy atom. The van der Waals surface area contributed by atoms with Gasteiger partial charge >= 0.3 is 6.18 Å². The zero-order chi connectivity index (χ0) is 12.5. The van der Waals surface area contributed by atoms with E-state index in [9.17, 15) is 13.2 Å². The quantitative estimate of drug-likeness (QED) is 0.761. The molecule has 7 heteroatoms. The van der Waals surface area contributed by atoms with Crippen molar-refractivity contribution in [2.75, 3.05) is 0 Å². The highest BCUT2D eigenvalue weighted by atomic mass is 35.5. The lowest BCUT2D eigenvalue weighted by Crippen LogP contribution is -2.31. The maximum atomic E-state index is 12.3. The van der Waals surface area contributed by atoms with Crippen molar-refractivity contribution < 1.29 is 17.9 Å². The molecule has 90 valence electrons. The van der Waals surface area contributed by atoms with Crippen molar-refractivity contribution in [3.63, 3.8) is 0 Å². The molecule has 0 aromatic carbocycles. The Kier molecular flexibility index (Phi) is 3.62. The number of alkyl halides is 3. The van der Waals surface area contributed by atoms with Crippen molar-refractivity contribution in [2.45, 2.75) is 33.1 Å². The van der Waals surface area contributed by atoms with E-state index in [0.717, 1.165) is 6.92 Å². The number of rotatable bonds is 2. The smallest absolute Gasteiger partial charge is 0.425 e. The third kappa shape index (κ3) is 2.98. The molecule has 1 atom stereocenters. The highest BCUT2D eigenvalue weighted by molar-refractivity contribution is 6.30. The molecule has 1 aromatic heterocycles.